The summed E-state index contributed by atoms with van der Waals surface area (Å²) in [6.45, 7) is 6.81. The molecule has 1 rings (SSSR count). The van der Waals surface area contributed by atoms with Crippen LogP contribution >= 0.6 is 0 Å². The molecule has 0 amide bonds. The summed E-state index contributed by atoms with van der Waals surface area (Å²) >= 11 is 0. The Morgan fingerprint density at radius 3 is 1.59 bits per heavy atom. The number of benzene rings is 1. The van der Waals surface area contributed by atoms with Crippen molar-refractivity contribution in [2.45, 2.75) is 123 Å². The Balaban J connectivity index is 2.12. The molecular formula is C28H46O4. The molecule has 0 aliphatic rings. The lowest BCUT2D eigenvalue weighted by molar-refractivity contribution is 0.0270. The second-order valence-corrected chi connectivity index (χ2v) is 8.83. The Hall–Kier alpha value is -1.84. The fourth-order valence-electron chi connectivity index (χ4n) is 3.82. The minimum absolute atomic E-state index is 0.0484. The molecule has 0 aliphatic carbocycles. The fourth-order valence-corrected chi connectivity index (χ4v) is 3.82. The third-order valence-electron chi connectivity index (χ3n) is 5.93. The molecular weight excluding hydrogens is 400 g/mol. The Labute approximate surface area is 196 Å². The maximum absolute atomic E-state index is 12.2. The molecule has 0 radical (unpaired) electrons. The lowest BCUT2D eigenvalue weighted by Gasteiger charge is -2.15. The zero-order valence-corrected chi connectivity index (χ0v) is 20.8. The van der Waals surface area contributed by atoms with E-state index in [-0.39, 0.29) is 18.0 Å². The van der Waals surface area contributed by atoms with Crippen LogP contribution in [0.4, 0.5) is 0 Å². The van der Waals surface area contributed by atoms with Crippen LogP contribution in [-0.4, -0.2) is 24.6 Å². The van der Waals surface area contributed by atoms with Gasteiger partial charge in [0.15, 0.2) is 0 Å². The zero-order chi connectivity index (χ0) is 23.4. The molecule has 0 aromatic heterocycles. The molecule has 1 atom stereocenters. The van der Waals surface area contributed by atoms with Crippen LogP contribution in [0.1, 0.15) is 138 Å². The molecule has 0 spiro atoms. The first-order valence-electron chi connectivity index (χ1n) is 13.1. The average molecular weight is 447 g/mol. The molecule has 0 saturated heterocycles. The highest BCUT2D eigenvalue weighted by Gasteiger charge is 2.15. The van der Waals surface area contributed by atoms with Crippen LogP contribution in [0, 0.1) is 0 Å². The molecule has 0 N–H and O–H groups in total. The van der Waals surface area contributed by atoms with Crippen LogP contribution in [0.3, 0.4) is 0 Å². The maximum atomic E-state index is 12.2. The van der Waals surface area contributed by atoms with Gasteiger partial charge in [-0.2, -0.15) is 0 Å². The third kappa shape index (κ3) is 12.9. The van der Waals surface area contributed by atoms with Crippen LogP contribution in [0.25, 0.3) is 0 Å². The van der Waals surface area contributed by atoms with Crippen molar-refractivity contribution in [2.24, 2.45) is 0 Å². The van der Waals surface area contributed by atoms with Crippen molar-refractivity contribution < 1.29 is 19.1 Å². The Morgan fingerprint density at radius 2 is 1.12 bits per heavy atom. The molecule has 0 bridgehead atoms. The van der Waals surface area contributed by atoms with Crippen molar-refractivity contribution in [3.05, 3.63) is 35.4 Å². The van der Waals surface area contributed by atoms with Crippen molar-refractivity contribution in [1.29, 1.82) is 0 Å². The van der Waals surface area contributed by atoms with Gasteiger partial charge in [0.25, 0.3) is 0 Å². The number of esters is 2. The van der Waals surface area contributed by atoms with Gasteiger partial charge >= 0.3 is 11.9 Å². The first-order valence-corrected chi connectivity index (χ1v) is 13.1. The molecule has 1 unspecified atom stereocenters. The van der Waals surface area contributed by atoms with Gasteiger partial charge in [0, 0.05) is 0 Å². The Morgan fingerprint density at radius 1 is 0.656 bits per heavy atom. The molecule has 1 aromatic rings. The summed E-state index contributed by atoms with van der Waals surface area (Å²) in [4.78, 5) is 24.4. The summed E-state index contributed by atoms with van der Waals surface area (Å²) in [6, 6.07) is 6.56. The molecule has 4 nitrogen and oxygen atoms in total. The SMILES string of the molecule is CCCCCCCCCCCCCCOC(=O)c1ccc(C(=O)OC(CC)CCC)cc1. The summed E-state index contributed by atoms with van der Waals surface area (Å²) in [5.74, 6) is -0.660. The van der Waals surface area contributed by atoms with E-state index in [9.17, 15) is 9.59 Å². The minimum atomic E-state index is -0.332. The Bertz CT molecular complexity index is 608. The van der Waals surface area contributed by atoms with E-state index in [0.29, 0.717) is 17.7 Å². The van der Waals surface area contributed by atoms with E-state index in [4.69, 9.17) is 9.47 Å². The topological polar surface area (TPSA) is 52.6 Å². The van der Waals surface area contributed by atoms with Crippen LogP contribution < -0.4 is 0 Å². The zero-order valence-electron chi connectivity index (χ0n) is 20.8. The van der Waals surface area contributed by atoms with E-state index in [0.717, 1.165) is 32.1 Å². The van der Waals surface area contributed by atoms with Gasteiger partial charge in [-0.05, 0) is 43.5 Å². The second-order valence-electron chi connectivity index (χ2n) is 8.83. The standard InChI is InChI=1S/C28H46O4/c1-4-7-8-9-10-11-12-13-14-15-16-17-23-31-27(29)24-19-21-25(22-20-24)28(30)32-26(6-3)18-5-2/h19-22,26H,4-18,23H2,1-3H3. The molecule has 0 heterocycles. The van der Waals surface area contributed by atoms with Crippen molar-refractivity contribution in [1.82, 2.24) is 0 Å². The first kappa shape index (κ1) is 28.2. The first-order chi connectivity index (χ1) is 15.6. The maximum Gasteiger partial charge on any atom is 0.338 e. The average Bonchev–Trinajstić information content (AvgIpc) is 2.81. The monoisotopic (exact) mass is 446 g/mol. The van der Waals surface area contributed by atoms with E-state index < -0.39 is 0 Å². The number of hydrogen-bond donors (Lipinski definition) is 0. The lowest BCUT2D eigenvalue weighted by atomic mass is 10.1. The Kier molecular flexibility index (Phi) is 16.5. The highest BCUT2D eigenvalue weighted by molar-refractivity contribution is 5.93. The summed E-state index contributed by atoms with van der Waals surface area (Å²) in [5.41, 5.74) is 0.943. The van der Waals surface area contributed by atoms with Gasteiger partial charge in [0.1, 0.15) is 6.10 Å². The molecule has 0 aliphatic heterocycles. The largest absolute Gasteiger partial charge is 0.462 e. The van der Waals surface area contributed by atoms with Gasteiger partial charge in [0.05, 0.1) is 17.7 Å². The molecule has 1 aromatic carbocycles. The van der Waals surface area contributed by atoms with Gasteiger partial charge in [0.2, 0.25) is 0 Å². The lowest BCUT2D eigenvalue weighted by Crippen LogP contribution is -2.17. The van der Waals surface area contributed by atoms with Crippen molar-refractivity contribution >= 4 is 11.9 Å². The number of hydrogen-bond acceptors (Lipinski definition) is 4. The molecule has 32 heavy (non-hydrogen) atoms. The number of rotatable bonds is 19. The summed E-state index contributed by atoms with van der Waals surface area (Å²) in [5, 5.41) is 0. The van der Waals surface area contributed by atoms with Crippen molar-refractivity contribution in [3.8, 4) is 0 Å². The minimum Gasteiger partial charge on any atom is -0.462 e. The van der Waals surface area contributed by atoms with Crippen LogP contribution in [0.2, 0.25) is 0 Å². The predicted molar refractivity (Wildman–Crippen MR) is 132 cm³/mol. The number of carbonyl (C=O) groups is 2. The highest BCUT2D eigenvalue weighted by atomic mass is 16.5. The van der Waals surface area contributed by atoms with Crippen LogP contribution in [0.15, 0.2) is 24.3 Å². The van der Waals surface area contributed by atoms with E-state index in [2.05, 4.69) is 13.8 Å². The molecule has 0 saturated carbocycles. The van der Waals surface area contributed by atoms with Gasteiger partial charge < -0.3 is 9.47 Å². The van der Waals surface area contributed by atoms with Crippen molar-refractivity contribution in [2.75, 3.05) is 6.61 Å². The summed E-state index contributed by atoms with van der Waals surface area (Å²) < 4.78 is 10.9. The molecule has 182 valence electrons. The van der Waals surface area contributed by atoms with Crippen LogP contribution in [0.5, 0.6) is 0 Å². The fraction of sp³-hybridized carbons (Fsp3) is 0.714. The smallest absolute Gasteiger partial charge is 0.338 e. The van der Waals surface area contributed by atoms with Gasteiger partial charge in [-0.25, -0.2) is 9.59 Å². The van der Waals surface area contributed by atoms with Crippen LogP contribution in [-0.2, 0) is 9.47 Å². The number of unbranched alkanes of at least 4 members (excludes halogenated alkanes) is 11. The van der Waals surface area contributed by atoms with E-state index in [1.54, 1.807) is 24.3 Å². The van der Waals surface area contributed by atoms with E-state index >= 15 is 0 Å². The summed E-state index contributed by atoms with van der Waals surface area (Å²) in [6.07, 6.45) is 18.0. The van der Waals surface area contributed by atoms with E-state index in [1.165, 1.54) is 64.2 Å². The van der Waals surface area contributed by atoms with Crippen molar-refractivity contribution in [3.63, 3.8) is 0 Å². The third-order valence-corrected chi connectivity index (χ3v) is 5.93. The highest BCUT2D eigenvalue weighted by Crippen LogP contribution is 2.14. The van der Waals surface area contributed by atoms with E-state index in [1.807, 2.05) is 6.92 Å². The number of carbonyl (C=O) groups excluding carboxylic acids is 2. The number of ether oxygens (including phenoxy) is 2. The van der Waals surface area contributed by atoms with Gasteiger partial charge in [-0.15, -0.1) is 0 Å². The van der Waals surface area contributed by atoms with Gasteiger partial charge in [-0.1, -0.05) is 97.8 Å². The predicted octanol–water partition coefficient (Wildman–Crippen LogP) is 8.28. The molecule has 4 heteroatoms. The quantitative estimate of drug-likeness (QED) is 0.158. The molecule has 0 fully saturated rings. The normalized spacial score (nSPS) is 11.8. The van der Waals surface area contributed by atoms with Gasteiger partial charge in [-0.3, -0.25) is 0 Å². The summed E-state index contributed by atoms with van der Waals surface area (Å²) in [7, 11) is 0. The second kappa shape index (κ2) is 18.7.